The third-order valence-corrected chi connectivity index (χ3v) is 6.29. The van der Waals surface area contributed by atoms with Gasteiger partial charge in [0, 0.05) is 6.54 Å². The van der Waals surface area contributed by atoms with Crippen molar-refractivity contribution in [3.05, 3.63) is 59.1 Å². The van der Waals surface area contributed by atoms with Crippen LogP contribution in [0.3, 0.4) is 0 Å². The molecule has 0 radical (unpaired) electrons. The second-order valence-corrected chi connectivity index (χ2v) is 8.20. The van der Waals surface area contributed by atoms with Gasteiger partial charge >= 0.3 is 0 Å². The lowest BCUT2D eigenvalue weighted by Gasteiger charge is -2.25. The molecular formula is C22H26N2O2S. The first-order valence-electron chi connectivity index (χ1n) is 9.72. The molecule has 1 fully saturated rings. The van der Waals surface area contributed by atoms with E-state index < -0.39 is 6.10 Å². The quantitative estimate of drug-likeness (QED) is 0.656. The summed E-state index contributed by atoms with van der Waals surface area (Å²) in [5, 5.41) is 11.7. The van der Waals surface area contributed by atoms with Crippen molar-refractivity contribution in [2.24, 2.45) is 0 Å². The molecule has 1 saturated heterocycles. The number of aliphatic hydroxyl groups excluding tert-OH is 1. The van der Waals surface area contributed by atoms with E-state index in [1.165, 1.54) is 10.3 Å². The number of aromatic nitrogens is 1. The smallest absolute Gasteiger partial charge is 0.119 e. The molecule has 1 N–H and O–H groups in total. The molecule has 0 saturated carbocycles. The van der Waals surface area contributed by atoms with Crippen molar-refractivity contribution < 1.29 is 9.84 Å². The van der Waals surface area contributed by atoms with Gasteiger partial charge in [0.05, 0.1) is 16.3 Å². The molecule has 1 aromatic heterocycles. The summed E-state index contributed by atoms with van der Waals surface area (Å²) in [4.78, 5) is 7.18. The van der Waals surface area contributed by atoms with Crippen molar-refractivity contribution in [2.75, 3.05) is 19.7 Å². The topological polar surface area (TPSA) is 45.6 Å². The maximum Gasteiger partial charge on any atom is 0.119 e. The largest absolute Gasteiger partial charge is 0.491 e. The molecule has 142 valence electrons. The van der Waals surface area contributed by atoms with Crippen molar-refractivity contribution in [1.82, 2.24) is 9.88 Å². The first kappa shape index (κ1) is 18.4. The van der Waals surface area contributed by atoms with E-state index in [4.69, 9.17) is 9.72 Å². The van der Waals surface area contributed by atoms with Crippen LogP contribution in [0.2, 0.25) is 0 Å². The van der Waals surface area contributed by atoms with Crippen LogP contribution in [-0.2, 0) is 6.42 Å². The normalized spacial score (nSPS) is 18.8. The summed E-state index contributed by atoms with van der Waals surface area (Å²) in [6.45, 7) is 4.07. The van der Waals surface area contributed by atoms with Crippen LogP contribution in [0, 0.1) is 0 Å². The number of para-hydroxylation sites is 1. The summed E-state index contributed by atoms with van der Waals surface area (Å²) in [7, 11) is 0. The van der Waals surface area contributed by atoms with E-state index in [-0.39, 0.29) is 0 Å². The monoisotopic (exact) mass is 382 g/mol. The summed E-state index contributed by atoms with van der Waals surface area (Å²) in [6, 6.07) is 16.7. The third-order valence-electron chi connectivity index (χ3n) is 5.15. The molecular weight excluding hydrogens is 356 g/mol. The molecule has 4 rings (SSSR count). The van der Waals surface area contributed by atoms with E-state index in [1.54, 1.807) is 11.3 Å². The van der Waals surface area contributed by atoms with Gasteiger partial charge < -0.3 is 9.84 Å². The van der Waals surface area contributed by atoms with Crippen LogP contribution in [0.4, 0.5) is 0 Å². The van der Waals surface area contributed by atoms with Crippen LogP contribution in [0.5, 0.6) is 5.75 Å². The van der Waals surface area contributed by atoms with E-state index in [0.717, 1.165) is 42.1 Å². The van der Waals surface area contributed by atoms with Gasteiger partial charge in [-0.3, -0.25) is 4.90 Å². The minimum atomic E-state index is -0.509. The van der Waals surface area contributed by atoms with Crippen LogP contribution < -0.4 is 4.74 Å². The molecule has 0 aliphatic carbocycles. The molecule has 0 bridgehead atoms. The number of aryl methyl sites for hydroxylation is 1. The molecule has 0 spiro atoms. The van der Waals surface area contributed by atoms with Crippen LogP contribution in [0.15, 0.2) is 48.5 Å². The minimum Gasteiger partial charge on any atom is -0.491 e. The number of aliphatic hydroxyl groups is 1. The van der Waals surface area contributed by atoms with Crippen LogP contribution in [0.1, 0.15) is 36.4 Å². The Balaban J connectivity index is 1.37. The molecule has 5 heteroatoms. The number of fused-ring (bicyclic) bond motifs is 1. The number of rotatable bonds is 7. The fraction of sp³-hybridized carbons (Fsp3) is 0.409. The Morgan fingerprint density at radius 3 is 3.00 bits per heavy atom. The molecule has 2 atom stereocenters. The molecule has 3 aromatic rings. The van der Waals surface area contributed by atoms with Gasteiger partial charge in [-0.1, -0.05) is 31.2 Å². The zero-order chi connectivity index (χ0) is 18.6. The summed E-state index contributed by atoms with van der Waals surface area (Å²) in [5.41, 5.74) is 2.32. The van der Waals surface area contributed by atoms with Crippen molar-refractivity contribution in [3.8, 4) is 5.75 Å². The lowest BCUT2D eigenvalue weighted by molar-refractivity contribution is 0.0638. The maximum atomic E-state index is 10.5. The van der Waals surface area contributed by atoms with Gasteiger partial charge in [0.1, 0.15) is 23.5 Å². The van der Waals surface area contributed by atoms with E-state index in [1.807, 2.05) is 24.3 Å². The molecule has 1 aliphatic heterocycles. The highest BCUT2D eigenvalue weighted by molar-refractivity contribution is 7.18. The number of hydrogen-bond acceptors (Lipinski definition) is 5. The first-order valence-corrected chi connectivity index (χ1v) is 10.5. The van der Waals surface area contributed by atoms with Gasteiger partial charge in [-0.05, 0) is 55.6 Å². The Morgan fingerprint density at radius 1 is 1.26 bits per heavy atom. The highest BCUT2D eigenvalue weighted by atomic mass is 32.1. The second-order valence-electron chi connectivity index (χ2n) is 7.14. The Kier molecular flexibility index (Phi) is 5.72. The average molecular weight is 383 g/mol. The summed E-state index contributed by atoms with van der Waals surface area (Å²) in [6.07, 6.45) is 2.72. The average Bonchev–Trinajstić information content (AvgIpc) is 3.32. The van der Waals surface area contributed by atoms with Gasteiger partial charge in [0.15, 0.2) is 0 Å². The predicted octanol–water partition coefficient (Wildman–Crippen LogP) is 4.44. The number of thiazole rings is 1. The van der Waals surface area contributed by atoms with Crippen molar-refractivity contribution in [2.45, 2.75) is 38.3 Å². The molecule has 2 aromatic carbocycles. The highest BCUT2D eigenvalue weighted by Gasteiger charge is 2.30. The van der Waals surface area contributed by atoms with Crippen molar-refractivity contribution in [3.63, 3.8) is 0 Å². The number of nitrogens with zero attached hydrogens (tertiary/aromatic N) is 2. The first-order chi connectivity index (χ1) is 13.2. The molecule has 1 aliphatic rings. The SMILES string of the molecule is CCc1cccc(OCC(O)CN2CCCC2c2nc3ccccc3s2)c1. The Hall–Kier alpha value is -1.95. The molecule has 2 unspecified atom stereocenters. The van der Waals surface area contributed by atoms with Crippen molar-refractivity contribution >= 4 is 21.6 Å². The number of ether oxygens (including phenoxy) is 1. The minimum absolute atomic E-state index is 0.306. The third kappa shape index (κ3) is 4.32. The number of hydrogen-bond donors (Lipinski definition) is 1. The van der Waals surface area contributed by atoms with Crippen LogP contribution >= 0.6 is 11.3 Å². The summed E-state index contributed by atoms with van der Waals surface area (Å²) in [5.74, 6) is 0.831. The fourth-order valence-corrected chi connectivity index (χ4v) is 4.87. The molecule has 2 heterocycles. The number of benzene rings is 2. The Labute approximate surface area is 164 Å². The van der Waals surface area contributed by atoms with Gasteiger partial charge in [-0.25, -0.2) is 4.98 Å². The summed E-state index contributed by atoms with van der Waals surface area (Å²) < 4.78 is 7.06. The maximum absolute atomic E-state index is 10.5. The van der Waals surface area contributed by atoms with Gasteiger partial charge in [0.2, 0.25) is 0 Å². The van der Waals surface area contributed by atoms with E-state index in [9.17, 15) is 5.11 Å². The highest BCUT2D eigenvalue weighted by Crippen LogP contribution is 2.36. The second kappa shape index (κ2) is 8.38. The van der Waals surface area contributed by atoms with Gasteiger partial charge in [0.25, 0.3) is 0 Å². The van der Waals surface area contributed by atoms with E-state index in [2.05, 4.69) is 36.1 Å². The lowest BCUT2D eigenvalue weighted by Crippen LogP contribution is -2.35. The lowest BCUT2D eigenvalue weighted by atomic mass is 10.2. The van der Waals surface area contributed by atoms with Gasteiger partial charge in [-0.2, -0.15) is 0 Å². The fourth-order valence-electron chi connectivity index (χ4n) is 3.73. The predicted molar refractivity (Wildman–Crippen MR) is 110 cm³/mol. The van der Waals surface area contributed by atoms with Crippen molar-refractivity contribution in [1.29, 1.82) is 0 Å². The summed E-state index contributed by atoms with van der Waals surface area (Å²) >= 11 is 1.77. The zero-order valence-corrected chi connectivity index (χ0v) is 16.5. The van der Waals surface area contributed by atoms with Gasteiger partial charge in [-0.15, -0.1) is 11.3 Å². The standard InChI is InChI=1S/C22H26N2O2S/c1-2-16-7-5-8-18(13-16)26-15-17(25)14-24-12-6-10-20(24)22-23-19-9-3-4-11-21(19)27-22/h3-5,7-9,11,13,17,20,25H,2,6,10,12,14-15H2,1H3. The van der Waals surface area contributed by atoms with E-state index in [0.29, 0.717) is 19.2 Å². The van der Waals surface area contributed by atoms with E-state index >= 15 is 0 Å². The number of likely N-dealkylation sites (tertiary alicyclic amines) is 1. The zero-order valence-electron chi connectivity index (χ0n) is 15.7. The number of β-amino-alcohol motifs (C(OH)–C–C–N with tert-alkyl or cyclic N) is 1. The van der Waals surface area contributed by atoms with Crippen LogP contribution in [0.25, 0.3) is 10.2 Å². The molecule has 4 nitrogen and oxygen atoms in total. The molecule has 27 heavy (non-hydrogen) atoms. The van der Waals surface area contributed by atoms with Crippen LogP contribution in [-0.4, -0.2) is 40.8 Å². The Morgan fingerprint density at radius 2 is 2.15 bits per heavy atom. The molecule has 0 amide bonds. The Bertz CT molecular complexity index is 862.